The normalized spacial score (nSPS) is 24.4. The Morgan fingerprint density at radius 2 is 2.21 bits per heavy atom. The molecular formula is C11H13BrOS. The highest BCUT2D eigenvalue weighted by Gasteiger charge is 2.34. The average molecular weight is 273 g/mol. The van der Waals surface area contributed by atoms with Crippen LogP contribution in [0.3, 0.4) is 0 Å². The van der Waals surface area contributed by atoms with E-state index in [1.807, 2.05) is 23.9 Å². The predicted octanol–water partition coefficient (Wildman–Crippen LogP) is 3.61. The van der Waals surface area contributed by atoms with E-state index in [9.17, 15) is 5.11 Å². The van der Waals surface area contributed by atoms with Crippen LogP contribution in [0.4, 0.5) is 0 Å². The molecule has 0 radical (unpaired) electrons. The highest BCUT2D eigenvalue weighted by molar-refractivity contribution is 9.10. The zero-order valence-corrected chi connectivity index (χ0v) is 10.7. The van der Waals surface area contributed by atoms with E-state index < -0.39 is 0 Å². The fraction of sp³-hybridized carbons (Fsp3) is 0.455. The van der Waals surface area contributed by atoms with Crippen molar-refractivity contribution in [1.29, 1.82) is 0 Å². The maximum Gasteiger partial charge on any atom is 0.0860 e. The molecule has 0 spiro atoms. The van der Waals surface area contributed by atoms with E-state index in [0.29, 0.717) is 0 Å². The van der Waals surface area contributed by atoms with Crippen LogP contribution in [0, 0.1) is 5.41 Å². The number of thioether (sulfide) groups is 1. The van der Waals surface area contributed by atoms with Crippen molar-refractivity contribution in [3.63, 3.8) is 0 Å². The van der Waals surface area contributed by atoms with Gasteiger partial charge in [0.05, 0.1) is 6.10 Å². The molecule has 1 aliphatic rings. The van der Waals surface area contributed by atoms with Crippen LogP contribution >= 0.6 is 27.7 Å². The van der Waals surface area contributed by atoms with E-state index in [0.717, 1.165) is 15.8 Å². The lowest BCUT2D eigenvalue weighted by molar-refractivity contribution is 0.0609. The highest BCUT2D eigenvalue weighted by Crippen LogP contribution is 2.47. The predicted molar refractivity (Wildman–Crippen MR) is 63.6 cm³/mol. The van der Waals surface area contributed by atoms with Gasteiger partial charge in [0.15, 0.2) is 0 Å². The lowest BCUT2D eigenvalue weighted by atomic mass is 9.84. The quantitative estimate of drug-likeness (QED) is 0.779. The van der Waals surface area contributed by atoms with Crippen molar-refractivity contribution in [2.75, 3.05) is 5.75 Å². The number of aliphatic hydroxyl groups excluding tert-OH is 1. The summed E-state index contributed by atoms with van der Waals surface area (Å²) in [6.07, 6.45) is -0.351. The van der Waals surface area contributed by atoms with Gasteiger partial charge in [-0.2, -0.15) is 0 Å². The topological polar surface area (TPSA) is 20.2 Å². The van der Waals surface area contributed by atoms with Gasteiger partial charge in [-0.05, 0) is 23.8 Å². The number of fused-ring (bicyclic) bond motifs is 1. The molecule has 1 atom stereocenters. The third-order valence-corrected chi connectivity index (χ3v) is 4.67. The van der Waals surface area contributed by atoms with Crippen LogP contribution < -0.4 is 0 Å². The maximum atomic E-state index is 10.2. The Bertz CT molecular complexity index is 362. The maximum absolute atomic E-state index is 10.2. The second kappa shape index (κ2) is 3.54. The Morgan fingerprint density at radius 1 is 1.50 bits per heavy atom. The summed E-state index contributed by atoms with van der Waals surface area (Å²) >= 11 is 5.26. The molecule has 0 aliphatic carbocycles. The van der Waals surface area contributed by atoms with Crippen LogP contribution in [-0.2, 0) is 0 Å². The summed E-state index contributed by atoms with van der Waals surface area (Å²) < 4.78 is 1.04. The van der Waals surface area contributed by atoms with E-state index in [1.165, 1.54) is 4.90 Å². The van der Waals surface area contributed by atoms with Gasteiger partial charge in [-0.1, -0.05) is 29.8 Å². The molecule has 76 valence electrons. The number of benzene rings is 1. The molecule has 3 heteroatoms. The molecule has 0 bridgehead atoms. The third-order valence-electron chi connectivity index (χ3n) is 2.61. The Kier molecular flexibility index (Phi) is 2.66. The minimum atomic E-state index is -0.351. The Labute approximate surface area is 97.0 Å². The van der Waals surface area contributed by atoms with E-state index in [4.69, 9.17) is 0 Å². The SMILES string of the molecule is CC1(C)CSc2ccc(Br)cc2C1O. The fourth-order valence-corrected chi connectivity index (χ4v) is 3.19. The average Bonchev–Trinajstić information content (AvgIpc) is 2.13. The summed E-state index contributed by atoms with van der Waals surface area (Å²) in [5.74, 6) is 0.975. The number of halogens is 1. The molecule has 0 fully saturated rings. The number of hydrogen-bond acceptors (Lipinski definition) is 2. The Hall–Kier alpha value is 0.01000. The van der Waals surface area contributed by atoms with Crippen molar-refractivity contribution in [3.8, 4) is 0 Å². The zero-order chi connectivity index (χ0) is 10.3. The van der Waals surface area contributed by atoms with E-state index in [-0.39, 0.29) is 11.5 Å². The molecule has 0 amide bonds. The number of aliphatic hydroxyl groups is 1. The lowest BCUT2D eigenvalue weighted by Gasteiger charge is -2.36. The van der Waals surface area contributed by atoms with Crippen LogP contribution in [0.5, 0.6) is 0 Å². The van der Waals surface area contributed by atoms with Gasteiger partial charge in [0.2, 0.25) is 0 Å². The first-order valence-corrected chi connectivity index (χ1v) is 6.39. The zero-order valence-electron chi connectivity index (χ0n) is 8.25. The van der Waals surface area contributed by atoms with Crippen molar-refractivity contribution < 1.29 is 5.11 Å². The van der Waals surface area contributed by atoms with Crippen LogP contribution in [0.15, 0.2) is 27.6 Å². The standard InChI is InChI=1S/C11H13BrOS/c1-11(2)6-14-9-4-3-7(12)5-8(9)10(11)13/h3-5,10,13H,6H2,1-2H3. The van der Waals surface area contributed by atoms with Crippen molar-refractivity contribution in [1.82, 2.24) is 0 Å². The second-order valence-electron chi connectivity index (χ2n) is 4.36. The largest absolute Gasteiger partial charge is 0.388 e. The molecule has 1 aromatic rings. The molecule has 0 aromatic heterocycles. The van der Waals surface area contributed by atoms with Crippen LogP contribution in [0.1, 0.15) is 25.5 Å². The minimum Gasteiger partial charge on any atom is -0.388 e. The van der Waals surface area contributed by atoms with Gasteiger partial charge in [0, 0.05) is 20.5 Å². The second-order valence-corrected chi connectivity index (χ2v) is 6.29. The minimum absolute atomic E-state index is 0.0293. The van der Waals surface area contributed by atoms with E-state index in [1.54, 1.807) is 0 Å². The van der Waals surface area contributed by atoms with Crippen LogP contribution in [0.2, 0.25) is 0 Å². The molecule has 1 unspecified atom stereocenters. The summed E-state index contributed by atoms with van der Waals surface area (Å²) in [4.78, 5) is 1.21. The Balaban J connectivity index is 2.48. The Morgan fingerprint density at radius 3 is 2.93 bits per heavy atom. The highest BCUT2D eigenvalue weighted by atomic mass is 79.9. The van der Waals surface area contributed by atoms with Gasteiger partial charge in [-0.25, -0.2) is 0 Å². The summed E-state index contributed by atoms with van der Waals surface area (Å²) in [6, 6.07) is 6.12. The van der Waals surface area contributed by atoms with Gasteiger partial charge in [0.1, 0.15) is 0 Å². The van der Waals surface area contributed by atoms with Gasteiger partial charge in [-0.3, -0.25) is 0 Å². The smallest absolute Gasteiger partial charge is 0.0860 e. The number of rotatable bonds is 0. The summed E-state index contributed by atoms with van der Waals surface area (Å²) in [6.45, 7) is 4.21. The molecular weight excluding hydrogens is 260 g/mol. The van der Waals surface area contributed by atoms with Gasteiger partial charge in [-0.15, -0.1) is 11.8 Å². The molecule has 1 N–H and O–H groups in total. The van der Waals surface area contributed by atoms with Crippen molar-refractivity contribution in [2.24, 2.45) is 5.41 Å². The molecule has 1 heterocycles. The summed E-state index contributed by atoms with van der Waals surface area (Å²) in [7, 11) is 0. The van der Waals surface area contributed by atoms with Crippen LogP contribution in [-0.4, -0.2) is 10.9 Å². The first-order valence-electron chi connectivity index (χ1n) is 4.61. The van der Waals surface area contributed by atoms with Crippen molar-refractivity contribution >= 4 is 27.7 Å². The van der Waals surface area contributed by atoms with Crippen LogP contribution in [0.25, 0.3) is 0 Å². The molecule has 1 aliphatic heterocycles. The molecule has 1 nitrogen and oxygen atoms in total. The van der Waals surface area contributed by atoms with Crippen molar-refractivity contribution in [2.45, 2.75) is 24.8 Å². The monoisotopic (exact) mass is 272 g/mol. The summed E-state index contributed by atoms with van der Waals surface area (Å²) in [5.41, 5.74) is 1.03. The summed E-state index contributed by atoms with van der Waals surface area (Å²) in [5, 5.41) is 10.2. The third kappa shape index (κ3) is 1.73. The molecule has 14 heavy (non-hydrogen) atoms. The van der Waals surface area contributed by atoms with Gasteiger partial charge in [0.25, 0.3) is 0 Å². The molecule has 1 aromatic carbocycles. The van der Waals surface area contributed by atoms with Gasteiger partial charge >= 0.3 is 0 Å². The van der Waals surface area contributed by atoms with Gasteiger partial charge < -0.3 is 5.11 Å². The first kappa shape index (κ1) is 10.5. The lowest BCUT2D eigenvalue weighted by Crippen LogP contribution is -2.28. The van der Waals surface area contributed by atoms with E-state index in [2.05, 4.69) is 35.8 Å². The molecule has 0 saturated carbocycles. The van der Waals surface area contributed by atoms with Crippen molar-refractivity contribution in [3.05, 3.63) is 28.2 Å². The number of hydrogen-bond donors (Lipinski definition) is 1. The van der Waals surface area contributed by atoms with E-state index >= 15 is 0 Å². The molecule has 0 saturated heterocycles. The fourth-order valence-electron chi connectivity index (χ4n) is 1.63. The first-order chi connectivity index (χ1) is 6.50. The molecule has 2 rings (SSSR count).